The third kappa shape index (κ3) is 15.4. The van der Waals surface area contributed by atoms with E-state index in [0.717, 1.165) is 25.7 Å². The molecule has 0 heterocycles. The topological polar surface area (TPSA) is 26.3 Å². The summed E-state index contributed by atoms with van der Waals surface area (Å²) < 4.78 is 5.22. The van der Waals surface area contributed by atoms with Crippen LogP contribution in [0.5, 0.6) is 0 Å². The molecule has 19 heavy (non-hydrogen) atoms. The maximum Gasteiger partial charge on any atom is 0.305 e. The van der Waals surface area contributed by atoms with Gasteiger partial charge in [-0.15, -0.1) is 0 Å². The molecule has 0 aliphatic rings. The van der Waals surface area contributed by atoms with Gasteiger partial charge in [0.15, 0.2) is 0 Å². The highest BCUT2D eigenvalue weighted by Crippen LogP contribution is 2.09. The van der Waals surface area contributed by atoms with Crippen molar-refractivity contribution in [1.29, 1.82) is 0 Å². The summed E-state index contributed by atoms with van der Waals surface area (Å²) in [6.07, 6.45) is 14.9. The van der Waals surface area contributed by atoms with Crippen molar-refractivity contribution >= 4 is 5.97 Å². The minimum absolute atomic E-state index is 0.00625. The van der Waals surface area contributed by atoms with Crippen LogP contribution in [0.15, 0.2) is 0 Å². The van der Waals surface area contributed by atoms with Gasteiger partial charge in [-0.3, -0.25) is 4.79 Å². The Morgan fingerprint density at radius 3 is 2.11 bits per heavy atom. The first-order valence-electron chi connectivity index (χ1n) is 8.26. The van der Waals surface area contributed by atoms with Crippen molar-refractivity contribution < 1.29 is 9.53 Å². The van der Waals surface area contributed by atoms with Crippen LogP contribution in [0.4, 0.5) is 0 Å². The number of hydrogen-bond acceptors (Lipinski definition) is 2. The first-order valence-corrected chi connectivity index (χ1v) is 8.26. The largest absolute Gasteiger partial charge is 0.466 e. The van der Waals surface area contributed by atoms with Gasteiger partial charge < -0.3 is 4.74 Å². The molecule has 1 radical (unpaired) electrons. The standard InChI is InChI=1S/C17H33O2/c1-3-5-7-9-10-11-13-15-17(18)19-16-14-12-8-6-4-2/h1,3-16H2,2H3. The SMILES string of the molecule is [CH2]CCCCCCCCC(=O)OCCCCCCC. The lowest BCUT2D eigenvalue weighted by molar-refractivity contribution is -0.143. The monoisotopic (exact) mass is 269 g/mol. The van der Waals surface area contributed by atoms with Gasteiger partial charge in [0.25, 0.3) is 0 Å². The lowest BCUT2D eigenvalue weighted by Crippen LogP contribution is -2.05. The van der Waals surface area contributed by atoms with Crippen LogP contribution < -0.4 is 0 Å². The van der Waals surface area contributed by atoms with Crippen molar-refractivity contribution in [2.24, 2.45) is 0 Å². The van der Waals surface area contributed by atoms with Crippen LogP contribution in [0.2, 0.25) is 0 Å². The molecule has 2 nitrogen and oxygen atoms in total. The predicted octanol–water partition coefficient (Wildman–Crippen LogP) is 5.45. The first-order chi connectivity index (χ1) is 9.31. The van der Waals surface area contributed by atoms with Gasteiger partial charge >= 0.3 is 5.97 Å². The average molecular weight is 269 g/mol. The smallest absolute Gasteiger partial charge is 0.305 e. The van der Waals surface area contributed by atoms with Crippen LogP contribution in [-0.2, 0) is 9.53 Å². The fourth-order valence-corrected chi connectivity index (χ4v) is 2.12. The van der Waals surface area contributed by atoms with Crippen LogP contribution in [-0.4, -0.2) is 12.6 Å². The quantitative estimate of drug-likeness (QED) is 0.309. The zero-order chi connectivity index (χ0) is 14.2. The molecule has 0 aromatic heterocycles. The third-order valence-corrected chi connectivity index (χ3v) is 3.39. The molecule has 0 rings (SSSR count). The molecule has 0 N–H and O–H groups in total. The van der Waals surface area contributed by atoms with Gasteiger partial charge in [0.05, 0.1) is 6.61 Å². The van der Waals surface area contributed by atoms with E-state index >= 15 is 0 Å². The van der Waals surface area contributed by atoms with E-state index in [9.17, 15) is 4.79 Å². The molecule has 0 spiro atoms. The zero-order valence-electron chi connectivity index (χ0n) is 12.9. The third-order valence-electron chi connectivity index (χ3n) is 3.39. The Balaban J connectivity index is 3.13. The van der Waals surface area contributed by atoms with E-state index < -0.39 is 0 Å². The second-order valence-corrected chi connectivity index (χ2v) is 5.36. The molecule has 0 aromatic carbocycles. The van der Waals surface area contributed by atoms with Crippen molar-refractivity contribution in [1.82, 2.24) is 0 Å². The maximum absolute atomic E-state index is 11.4. The van der Waals surface area contributed by atoms with Crippen molar-refractivity contribution in [3.05, 3.63) is 6.92 Å². The molecule has 0 bridgehead atoms. The van der Waals surface area contributed by atoms with Gasteiger partial charge in [-0.05, 0) is 12.8 Å². The van der Waals surface area contributed by atoms with E-state index in [-0.39, 0.29) is 5.97 Å². The van der Waals surface area contributed by atoms with E-state index in [1.54, 1.807) is 0 Å². The van der Waals surface area contributed by atoms with Gasteiger partial charge in [-0.25, -0.2) is 0 Å². The number of ether oxygens (including phenoxy) is 1. The molecule has 0 amide bonds. The summed E-state index contributed by atoms with van der Waals surface area (Å²) in [7, 11) is 0. The summed E-state index contributed by atoms with van der Waals surface area (Å²) in [5, 5.41) is 0. The van der Waals surface area contributed by atoms with E-state index in [4.69, 9.17) is 4.74 Å². The lowest BCUT2D eigenvalue weighted by atomic mass is 10.1. The summed E-state index contributed by atoms with van der Waals surface area (Å²) in [6.45, 7) is 6.66. The Kier molecular flexibility index (Phi) is 15.1. The van der Waals surface area contributed by atoms with Gasteiger partial charge in [-0.2, -0.15) is 0 Å². The number of rotatable bonds is 14. The summed E-state index contributed by atoms with van der Waals surface area (Å²) in [5.74, 6) is -0.00625. The van der Waals surface area contributed by atoms with Gasteiger partial charge in [0.1, 0.15) is 0 Å². The highest BCUT2D eigenvalue weighted by molar-refractivity contribution is 5.69. The Morgan fingerprint density at radius 1 is 0.842 bits per heavy atom. The van der Waals surface area contributed by atoms with Crippen molar-refractivity contribution in [3.63, 3.8) is 0 Å². The molecule has 0 saturated carbocycles. The molecule has 0 aromatic rings. The molecule has 0 aliphatic carbocycles. The lowest BCUT2D eigenvalue weighted by Gasteiger charge is -2.05. The summed E-state index contributed by atoms with van der Waals surface area (Å²) in [6, 6.07) is 0. The molecule has 113 valence electrons. The Hall–Kier alpha value is -0.530. The van der Waals surface area contributed by atoms with Crippen molar-refractivity contribution in [2.45, 2.75) is 90.4 Å². The molecule has 0 fully saturated rings. The van der Waals surface area contributed by atoms with Crippen molar-refractivity contribution in [3.8, 4) is 0 Å². The second-order valence-electron chi connectivity index (χ2n) is 5.36. The van der Waals surface area contributed by atoms with Gasteiger partial charge in [0.2, 0.25) is 0 Å². The molecular weight excluding hydrogens is 236 g/mol. The number of unbranched alkanes of at least 4 members (excludes halogenated alkanes) is 10. The van der Waals surface area contributed by atoms with Crippen LogP contribution in [0.25, 0.3) is 0 Å². The zero-order valence-corrected chi connectivity index (χ0v) is 12.9. The summed E-state index contributed by atoms with van der Waals surface area (Å²) in [4.78, 5) is 11.4. The normalized spacial score (nSPS) is 10.6. The molecule has 0 atom stereocenters. The van der Waals surface area contributed by atoms with E-state index in [2.05, 4.69) is 13.8 Å². The van der Waals surface area contributed by atoms with E-state index in [1.807, 2.05) is 0 Å². The predicted molar refractivity (Wildman–Crippen MR) is 82.0 cm³/mol. The number of esters is 1. The van der Waals surface area contributed by atoms with Crippen LogP contribution in [0.1, 0.15) is 90.4 Å². The number of hydrogen-bond donors (Lipinski definition) is 0. The minimum Gasteiger partial charge on any atom is -0.466 e. The van der Waals surface area contributed by atoms with Crippen LogP contribution >= 0.6 is 0 Å². The summed E-state index contributed by atoms with van der Waals surface area (Å²) in [5.41, 5.74) is 0. The molecule has 2 heteroatoms. The number of carbonyl (C=O) groups excluding carboxylic acids is 1. The molecule has 0 saturated heterocycles. The maximum atomic E-state index is 11.4. The average Bonchev–Trinajstić information content (AvgIpc) is 2.41. The van der Waals surface area contributed by atoms with Crippen molar-refractivity contribution in [2.75, 3.05) is 6.61 Å². The van der Waals surface area contributed by atoms with Gasteiger partial charge in [0, 0.05) is 6.42 Å². The fourth-order valence-electron chi connectivity index (χ4n) is 2.12. The highest BCUT2D eigenvalue weighted by Gasteiger charge is 2.02. The van der Waals surface area contributed by atoms with Gasteiger partial charge in [-0.1, -0.05) is 78.1 Å². The Morgan fingerprint density at radius 2 is 1.42 bits per heavy atom. The molecule has 0 unspecified atom stereocenters. The Labute approximate surface area is 120 Å². The number of carbonyl (C=O) groups is 1. The molecule has 0 aliphatic heterocycles. The van der Waals surface area contributed by atoms with E-state index in [1.165, 1.54) is 51.4 Å². The molecular formula is C17H33O2. The first kappa shape index (κ1) is 18.5. The minimum atomic E-state index is -0.00625. The van der Waals surface area contributed by atoms with Crippen LogP contribution in [0, 0.1) is 6.92 Å². The highest BCUT2D eigenvalue weighted by atomic mass is 16.5. The van der Waals surface area contributed by atoms with Crippen LogP contribution in [0.3, 0.4) is 0 Å². The Bertz CT molecular complexity index is 190. The fraction of sp³-hybridized carbons (Fsp3) is 0.882. The second kappa shape index (κ2) is 15.5. The summed E-state index contributed by atoms with van der Waals surface area (Å²) >= 11 is 0. The van der Waals surface area contributed by atoms with E-state index in [0.29, 0.717) is 13.0 Å².